The summed E-state index contributed by atoms with van der Waals surface area (Å²) in [6.45, 7) is 6.09. The van der Waals surface area contributed by atoms with E-state index in [1.807, 2.05) is 18.5 Å². The van der Waals surface area contributed by atoms with Gasteiger partial charge in [-0.25, -0.2) is 9.67 Å². The van der Waals surface area contributed by atoms with Crippen molar-refractivity contribution in [2.45, 2.75) is 45.8 Å². The highest BCUT2D eigenvalue weighted by Gasteiger charge is 2.20. The third kappa shape index (κ3) is 2.96. The lowest BCUT2D eigenvalue weighted by atomic mass is 10.1. The van der Waals surface area contributed by atoms with Crippen molar-refractivity contribution in [3.8, 4) is 5.19 Å². The van der Waals surface area contributed by atoms with Gasteiger partial charge in [0.15, 0.2) is 0 Å². The minimum atomic E-state index is 0.406. The van der Waals surface area contributed by atoms with Gasteiger partial charge in [-0.2, -0.15) is 5.10 Å². The average molecular weight is 294 g/mol. The number of nitrogens with zero attached hydrogens (tertiary/aromatic N) is 5. The molecule has 1 aliphatic rings. The van der Waals surface area contributed by atoms with Crippen molar-refractivity contribution in [2.75, 3.05) is 6.61 Å². The molecule has 1 N–H and O–H groups in total. The Morgan fingerprint density at radius 2 is 2.35 bits per heavy atom. The van der Waals surface area contributed by atoms with Gasteiger partial charge >= 0.3 is 0 Å². The van der Waals surface area contributed by atoms with Crippen molar-refractivity contribution in [3.05, 3.63) is 16.7 Å². The van der Waals surface area contributed by atoms with E-state index in [-0.39, 0.29) is 0 Å². The molecule has 1 atom stereocenters. The van der Waals surface area contributed by atoms with E-state index in [0.717, 1.165) is 42.6 Å². The number of aromatic nitrogens is 5. The summed E-state index contributed by atoms with van der Waals surface area (Å²) in [5.41, 5.74) is 0. The molecule has 3 heterocycles. The fourth-order valence-electron chi connectivity index (χ4n) is 2.32. The Morgan fingerprint density at radius 3 is 3.20 bits per heavy atom. The Bertz CT molecular complexity index is 580. The summed E-state index contributed by atoms with van der Waals surface area (Å²) in [7, 11) is 0. The molecule has 1 unspecified atom stereocenters. The standard InChI is InChI=1S/C12H18N6OS/c1-3-19-12-16-15-11(20-12)6-13-9-4-5-10-14-8(2)17-18(10)7-9/h9,13H,3-7H2,1-2H3. The smallest absolute Gasteiger partial charge is 0.294 e. The minimum Gasteiger partial charge on any atom is -0.469 e. The fraction of sp³-hybridized carbons (Fsp3) is 0.667. The first-order chi connectivity index (χ1) is 9.74. The van der Waals surface area contributed by atoms with Crippen LogP contribution < -0.4 is 10.1 Å². The number of ether oxygens (including phenoxy) is 1. The molecule has 0 aliphatic carbocycles. The molecule has 0 bridgehead atoms. The Morgan fingerprint density at radius 1 is 1.45 bits per heavy atom. The summed E-state index contributed by atoms with van der Waals surface area (Å²) >= 11 is 1.49. The van der Waals surface area contributed by atoms with E-state index >= 15 is 0 Å². The lowest BCUT2D eigenvalue weighted by molar-refractivity contribution is 0.335. The third-order valence-corrected chi connectivity index (χ3v) is 4.06. The van der Waals surface area contributed by atoms with Crippen LogP contribution in [0.15, 0.2) is 0 Å². The summed E-state index contributed by atoms with van der Waals surface area (Å²) in [4.78, 5) is 4.41. The van der Waals surface area contributed by atoms with E-state index < -0.39 is 0 Å². The van der Waals surface area contributed by atoms with E-state index in [1.54, 1.807) is 0 Å². The number of hydrogen-bond donors (Lipinski definition) is 1. The quantitative estimate of drug-likeness (QED) is 0.884. The van der Waals surface area contributed by atoms with Gasteiger partial charge in [-0.15, -0.1) is 10.2 Å². The van der Waals surface area contributed by atoms with Gasteiger partial charge in [0.05, 0.1) is 19.7 Å². The highest BCUT2D eigenvalue weighted by molar-refractivity contribution is 7.13. The third-order valence-electron chi connectivity index (χ3n) is 3.22. The molecule has 7 nitrogen and oxygen atoms in total. The predicted octanol–water partition coefficient (Wildman–Crippen LogP) is 0.941. The van der Waals surface area contributed by atoms with Crippen LogP contribution in [0.1, 0.15) is 30.0 Å². The Balaban J connectivity index is 1.54. The van der Waals surface area contributed by atoms with Crippen LogP contribution in [0.5, 0.6) is 5.19 Å². The van der Waals surface area contributed by atoms with Crippen molar-refractivity contribution < 1.29 is 4.74 Å². The Hall–Kier alpha value is -1.54. The second-order valence-corrected chi connectivity index (χ2v) is 5.79. The van der Waals surface area contributed by atoms with Gasteiger partial charge in [0.1, 0.15) is 16.7 Å². The van der Waals surface area contributed by atoms with Gasteiger partial charge in [0.2, 0.25) is 0 Å². The first kappa shape index (κ1) is 13.4. The summed E-state index contributed by atoms with van der Waals surface area (Å²) in [5, 5.41) is 17.6. The molecule has 0 radical (unpaired) electrons. The largest absolute Gasteiger partial charge is 0.469 e. The van der Waals surface area contributed by atoms with Crippen LogP contribution in [0.25, 0.3) is 0 Å². The van der Waals surface area contributed by atoms with Crippen molar-refractivity contribution >= 4 is 11.3 Å². The molecule has 0 aromatic carbocycles. The van der Waals surface area contributed by atoms with Crippen LogP contribution in [-0.2, 0) is 19.5 Å². The highest BCUT2D eigenvalue weighted by atomic mass is 32.1. The summed E-state index contributed by atoms with van der Waals surface area (Å²) in [6, 6.07) is 0.406. The van der Waals surface area contributed by atoms with Gasteiger partial charge < -0.3 is 10.1 Å². The van der Waals surface area contributed by atoms with Crippen LogP contribution in [0.4, 0.5) is 0 Å². The predicted molar refractivity (Wildman–Crippen MR) is 74.8 cm³/mol. The number of nitrogens with one attached hydrogen (secondary N) is 1. The molecule has 1 aliphatic heterocycles. The molecule has 0 saturated heterocycles. The Kier molecular flexibility index (Phi) is 3.93. The summed E-state index contributed by atoms with van der Waals surface area (Å²) in [5.74, 6) is 1.95. The van der Waals surface area contributed by atoms with Crippen LogP contribution in [0.2, 0.25) is 0 Å². The Labute approximate surface area is 121 Å². The lowest BCUT2D eigenvalue weighted by Gasteiger charge is -2.23. The lowest BCUT2D eigenvalue weighted by Crippen LogP contribution is -2.37. The summed E-state index contributed by atoms with van der Waals surface area (Å²) in [6.07, 6.45) is 2.05. The molecule has 8 heteroatoms. The second kappa shape index (κ2) is 5.84. The van der Waals surface area contributed by atoms with E-state index in [1.165, 1.54) is 11.3 Å². The maximum atomic E-state index is 5.32. The minimum absolute atomic E-state index is 0.406. The first-order valence-corrected chi connectivity index (χ1v) is 7.65. The monoisotopic (exact) mass is 294 g/mol. The number of fused-ring (bicyclic) bond motifs is 1. The van der Waals surface area contributed by atoms with Crippen molar-refractivity contribution in [1.82, 2.24) is 30.3 Å². The zero-order valence-corrected chi connectivity index (χ0v) is 12.5. The molecule has 0 amide bonds. The van der Waals surface area contributed by atoms with Crippen molar-refractivity contribution in [3.63, 3.8) is 0 Å². The van der Waals surface area contributed by atoms with Crippen molar-refractivity contribution in [2.24, 2.45) is 0 Å². The van der Waals surface area contributed by atoms with Gasteiger partial charge in [0, 0.05) is 12.5 Å². The molecule has 2 aromatic rings. The maximum absolute atomic E-state index is 5.32. The van der Waals surface area contributed by atoms with E-state index in [4.69, 9.17) is 4.74 Å². The highest BCUT2D eigenvalue weighted by Crippen LogP contribution is 2.18. The zero-order valence-electron chi connectivity index (χ0n) is 11.7. The van der Waals surface area contributed by atoms with E-state index in [0.29, 0.717) is 17.8 Å². The fourth-order valence-corrected chi connectivity index (χ4v) is 3.02. The zero-order chi connectivity index (χ0) is 13.9. The molecule has 0 saturated carbocycles. The molecular weight excluding hydrogens is 276 g/mol. The van der Waals surface area contributed by atoms with Gasteiger partial charge in [-0.05, 0) is 20.3 Å². The molecule has 2 aromatic heterocycles. The maximum Gasteiger partial charge on any atom is 0.294 e. The molecule has 108 valence electrons. The summed E-state index contributed by atoms with van der Waals surface area (Å²) < 4.78 is 7.32. The topological polar surface area (TPSA) is 77.8 Å². The molecular formula is C12H18N6OS. The normalized spacial score (nSPS) is 18.0. The van der Waals surface area contributed by atoms with E-state index in [2.05, 4.69) is 25.6 Å². The van der Waals surface area contributed by atoms with Crippen LogP contribution in [0.3, 0.4) is 0 Å². The second-order valence-electron chi connectivity index (χ2n) is 4.77. The average Bonchev–Trinajstić information content (AvgIpc) is 3.01. The van der Waals surface area contributed by atoms with Crippen LogP contribution in [0, 0.1) is 6.92 Å². The van der Waals surface area contributed by atoms with Gasteiger partial charge in [0.25, 0.3) is 5.19 Å². The van der Waals surface area contributed by atoms with Crippen LogP contribution >= 0.6 is 11.3 Å². The molecule has 20 heavy (non-hydrogen) atoms. The molecule has 0 spiro atoms. The van der Waals surface area contributed by atoms with Gasteiger partial charge in [-0.3, -0.25) is 0 Å². The SMILES string of the molecule is CCOc1nnc(CNC2CCc3nc(C)nn3C2)s1. The van der Waals surface area contributed by atoms with Crippen molar-refractivity contribution in [1.29, 1.82) is 0 Å². The first-order valence-electron chi connectivity index (χ1n) is 6.83. The number of aryl methyl sites for hydroxylation is 2. The molecule has 0 fully saturated rings. The number of rotatable bonds is 5. The van der Waals surface area contributed by atoms with Gasteiger partial charge in [-0.1, -0.05) is 11.3 Å². The van der Waals surface area contributed by atoms with E-state index in [9.17, 15) is 0 Å². The number of hydrogen-bond acceptors (Lipinski definition) is 7. The van der Waals surface area contributed by atoms with Crippen LogP contribution in [-0.4, -0.2) is 37.6 Å². The molecule has 3 rings (SSSR count).